The number of likely N-dealkylation sites (N-methyl/N-ethyl adjacent to an activating group) is 1. The number of nitrogens with zero attached hydrogens (tertiary/aromatic N) is 4. The number of ether oxygens (including phenoxy) is 1. The summed E-state index contributed by atoms with van der Waals surface area (Å²) in [7, 11) is 1.77. The van der Waals surface area contributed by atoms with Crippen LogP contribution in [0.25, 0.3) is 0 Å². The molecule has 0 bridgehead atoms. The van der Waals surface area contributed by atoms with Crippen molar-refractivity contribution in [3.05, 3.63) is 11.5 Å². The maximum Gasteiger partial charge on any atom is 0.252 e. The quantitative estimate of drug-likeness (QED) is 0.781. The van der Waals surface area contributed by atoms with Gasteiger partial charge in [-0.15, -0.1) is 0 Å². The number of aromatic nitrogens is 2. The molecule has 7 heteroatoms. The van der Waals surface area contributed by atoms with Crippen molar-refractivity contribution in [2.24, 2.45) is 0 Å². The van der Waals surface area contributed by atoms with Crippen LogP contribution in [0.2, 0.25) is 5.28 Å². The number of amides is 1. The average molecular weight is 325 g/mol. The smallest absolute Gasteiger partial charge is 0.252 e. The van der Waals surface area contributed by atoms with Crippen molar-refractivity contribution in [2.45, 2.75) is 44.7 Å². The highest BCUT2D eigenvalue weighted by molar-refractivity contribution is 6.28. The van der Waals surface area contributed by atoms with Gasteiger partial charge in [0.25, 0.3) is 5.91 Å². The molecule has 1 unspecified atom stereocenters. The van der Waals surface area contributed by atoms with Crippen LogP contribution in [0.15, 0.2) is 6.20 Å². The van der Waals surface area contributed by atoms with Crippen LogP contribution >= 0.6 is 11.6 Å². The third kappa shape index (κ3) is 2.25. The average Bonchev–Trinajstić information content (AvgIpc) is 2.54. The summed E-state index contributed by atoms with van der Waals surface area (Å²) in [5.41, 5.74) is 0.0911. The Kier molecular flexibility index (Phi) is 3.99. The Morgan fingerprint density at radius 1 is 1.45 bits per heavy atom. The Morgan fingerprint density at radius 2 is 2.14 bits per heavy atom. The van der Waals surface area contributed by atoms with Gasteiger partial charge in [0, 0.05) is 26.3 Å². The van der Waals surface area contributed by atoms with Crippen molar-refractivity contribution in [3.8, 4) is 0 Å². The fourth-order valence-electron chi connectivity index (χ4n) is 3.41. The van der Waals surface area contributed by atoms with E-state index in [0.29, 0.717) is 25.3 Å². The van der Waals surface area contributed by atoms with E-state index in [1.54, 1.807) is 18.1 Å². The molecule has 120 valence electrons. The van der Waals surface area contributed by atoms with Gasteiger partial charge in [0.2, 0.25) is 5.28 Å². The molecule has 1 aromatic rings. The van der Waals surface area contributed by atoms with Gasteiger partial charge < -0.3 is 14.5 Å². The summed E-state index contributed by atoms with van der Waals surface area (Å²) in [6.07, 6.45) is 4.10. The molecule has 0 aliphatic carbocycles. The van der Waals surface area contributed by atoms with Gasteiger partial charge in [-0.25, -0.2) is 4.98 Å². The van der Waals surface area contributed by atoms with Crippen LogP contribution in [-0.2, 0) is 9.53 Å². The number of carbonyl (C=O) groups excluding carboxylic acids is 1. The second-order valence-corrected chi connectivity index (χ2v) is 6.39. The van der Waals surface area contributed by atoms with Gasteiger partial charge in [0.15, 0.2) is 5.82 Å². The van der Waals surface area contributed by atoms with Crippen molar-refractivity contribution in [3.63, 3.8) is 0 Å². The van der Waals surface area contributed by atoms with Crippen LogP contribution in [0, 0.1) is 0 Å². The number of fused-ring (bicyclic) bond motifs is 1. The number of anilines is 2. The first-order valence-electron chi connectivity index (χ1n) is 7.67. The fraction of sp³-hybridized carbons (Fsp3) is 0.667. The van der Waals surface area contributed by atoms with Crippen molar-refractivity contribution < 1.29 is 9.53 Å². The first-order chi connectivity index (χ1) is 10.5. The topological polar surface area (TPSA) is 58.6 Å². The molecule has 1 amide bonds. The standard InChI is InChI=1S/C15H21ClN4O2/c1-4-15(2)13(21)19(3)11-9-17-14(16)18-12(11)20(15)10-5-7-22-8-6-10/h9-10H,4-8H2,1-3H3. The lowest BCUT2D eigenvalue weighted by Crippen LogP contribution is -2.64. The Labute approximate surface area is 135 Å². The highest BCUT2D eigenvalue weighted by atomic mass is 35.5. The number of halogens is 1. The Balaban J connectivity index is 2.15. The lowest BCUT2D eigenvalue weighted by atomic mass is 9.88. The number of hydrogen-bond donors (Lipinski definition) is 0. The predicted octanol–water partition coefficient (Wildman–Crippen LogP) is 2.26. The summed E-state index contributed by atoms with van der Waals surface area (Å²) in [6, 6.07) is 0.223. The van der Waals surface area contributed by atoms with Crippen molar-refractivity contribution in [1.29, 1.82) is 0 Å². The minimum atomic E-state index is -0.624. The molecule has 22 heavy (non-hydrogen) atoms. The van der Waals surface area contributed by atoms with E-state index in [-0.39, 0.29) is 17.2 Å². The maximum absolute atomic E-state index is 12.9. The maximum atomic E-state index is 12.9. The van der Waals surface area contributed by atoms with E-state index in [9.17, 15) is 4.79 Å². The molecule has 2 aliphatic rings. The SMILES string of the molecule is CCC1(C)C(=O)N(C)c2cnc(Cl)nc2N1C1CCOCC1. The number of rotatable bonds is 2. The van der Waals surface area contributed by atoms with Crippen LogP contribution in [0.1, 0.15) is 33.1 Å². The monoisotopic (exact) mass is 324 g/mol. The summed E-state index contributed by atoms with van der Waals surface area (Å²) in [6.45, 7) is 5.43. The molecule has 6 nitrogen and oxygen atoms in total. The van der Waals surface area contributed by atoms with Gasteiger partial charge in [-0.2, -0.15) is 4.98 Å². The van der Waals surface area contributed by atoms with E-state index >= 15 is 0 Å². The Bertz CT molecular complexity index is 591. The summed E-state index contributed by atoms with van der Waals surface area (Å²) in [5.74, 6) is 0.818. The molecular weight excluding hydrogens is 304 g/mol. The van der Waals surface area contributed by atoms with E-state index in [2.05, 4.69) is 14.9 Å². The second-order valence-electron chi connectivity index (χ2n) is 6.05. The molecule has 1 fully saturated rings. The van der Waals surface area contributed by atoms with Crippen molar-refractivity contribution in [2.75, 3.05) is 30.1 Å². The normalized spacial score (nSPS) is 26.3. The molecule has 3 rings (SSSR count). The van der Waals surface area contributed by atoms with Gasteiger partial charge in [0.05, 0.1) is 6.20 Å². The van der Waals surface area contributed by atoms with Crippen LogP contribution in [-0.4, -0.2) is 47.7 Å². The lowest BCUT2D eigenvalue weighted by molar-refractivity contribution is -0.124. The highest BCUT2D eigenvalue weighted by Crippen LogP contribution is 2.42. The van der Waals surface area contributed by atoms with Gasteiger partial charge in [0.1, 0.15) is 11.2 Å². The fourth-order valence-corrected chi connectivity index (χ4v) is 3.54. The predicted molar refractivity (Wildman–Crippen MR) is 85.5 cm³/mol. The van der Waals surface area contributed by atoms with E-state index < -0.39 is 5.54 Å². The molecule has 0 spiro atoms. The van der Waals surface area contributed by atoms with E-state index in [1.807, 2.05) is 13.8 Å². The van der Waals surface area contributed by atoms with Gasteiger partial charge in [-0.05, 0) is 37.8 Å². The third-order valence-electron chi connectivity index (χ3n) is 4.85. The van der Waals surface area contributed by atoms with Crippen LogP contribution < -0.4 is 9.80 Å². The second kappa shape index (κ2) is 5.66. The molecule has 1 aromatic heterocycles. The lowest BCUT2D eigenvalue weighted by Gasteiger charge is -2.51. The van der Waals surface area contributed by atoms with E-state index in [4.69, 9.17) is 16.3 Å². The molecule has 0 N–H and O–H groups in total. The minimum absolute atomic E-state index is 0.0694. The largest absolute Gasteiger partial charge is 0.381 e. The molecular formula is C15H21ClN4O2. The zero-order valence-corrected chi connectivity index (χ0v) is 13.9. The molecule has 0 radical (unpaired) electrons. The zero-order valence-electron chi connectivity index (χ0n) is 13.2. The summed E-state index contributed by atoms with van der Waals surface area (Å²) in [5, 5.41) is 0.206. The van der Waals surface area contributed by atoms with Gasteiger partial charge in [-0.3, -0.25) is 4.79 Å². The molecule has 1 atom stereocenters. The summed E-state index contributed by atoms with van der Waals surface area (Å²) < 4.78 is 5.47. The molecule has 0 saturated carbocycles. The zero-order chi connectivity index (χ0) is 15.9. The molecule has 3 heterocycles. The summed E-state index contributed by atoms with van der Waals surface area (Å²) >= 11 is 6.02. The van der Waals surface area contributed by atoms with E-state index in [1.165, 1.54) is 0 Å². The minimum Gasteiger partial charge on any atom is -0.381 e. The Morgan fingerprint density at radius 3 is 2.77 bits per heavy atom. The first-order valence-corrected chi connectivity index (χ1v) is 8.04. The summed E-state index contributed by atoms with van der Waals surface area (Å²) in [4.78, 5) is 25.2. The molecule has 0 aromatic carbocycles. The first kappa shape index (κ1) is 15.5. The third-order valence-corrected chi connectivity index (χ3v) is 5.03. The Hall–Kier alpha value is -1.40. The van der Waals surface area contributed by atoms with Crippen LogP contribution in [0.3, 0.4) is 0 Å². The van der Waals surface area contributed by atoms with Gasteiger partial charge >= 0.3 is 0 Å². The van der Waals surface area contributed by atoms with Crippen LogP contribution in [0.5, 0.6) is 0 Å². The highest BCUT2D eigenvalue weighted by Gasteiger charge is 2.49. The van der Waals surface area contributed by atoms with E-state index in [0.717, 1.165) is 18.7 Å². The van der Waals surface area contributed by atoms with Crippen LogP contribution in [0.4, 0.5) is 11.5 Å². The van der Waals surface area contributed by atoms with Crippen molar-refractivity contribution in [1.82, 2.24) is 9.97 Å². The van der Waals surface area contributed by atoms with Gasteiger partial charge in [-0.1, -0.05) is 6.92 Å². The molecule has 2 aliphatic heterocycles. The number of hydrogen-bond acceptors (Lipinski definition) is 5. The molecule has 1 saturated heterocycles. The van der Waals surface area contributed by atoms with Crippen molar-refractivity contribution >= 4 is 29.0 Å². The number of carbonyl (C=O) groups is 1.